The number of hydrogen-bond donors (Lipinski definition) is 3. The number of aromatic nitrogens is 1. The Morgan fingerprint density at radius 2 is 1.97 bits per heavy atom. The number of carbonyl (C=O) groups is 1. The molecule has 12 heteroatoms. The molecule has 4 rings (SSSR count). The van der Waals surface area contributed by atoms with Crippen LogP contribution in [0.25, 0.3) is 10.9 Å². The summed E-state index contributed by atoms with van der Waals surface area (Å²) in [5, 5.41) is 9.95. The molecule has 1 atom stereocenters. The Balaban J connectivity index is 1.66. The number of H-pyrrole nitrogens is 1. The van der Waals surface area contributed by atoms with Crippen LogP contribution < -0.4 is 4.72 Å². The van der Waals surface area contributed by atoms with Crippen LogP contribution in [-0.4, -0.2) is 41.3 Å². The van der Waals surface area contributed by atoms with Gasteiger partial charge in [0.25, 0.3) is 10.0 Å². The summed E-state index contributed by atoms with van der Waals surface area (Å²) in [4.78, 5) is 17.4. The first-order valence-electron chi connectivity index (χ1n) is 9.28. The van der Waals surface area contributed by atoms with Crippen molar-refractivity contribution < 1.29 is 31.5 Å². The highest BCUT2D eigenvalue weighted by Crippen LogP contribution is 2.36. The largest absolute Gasteiger partial charge is 0.481 e. The fourth-order valence-corrected chi connectivity index (χ4v) is 5.74. The number of aliphatic carboxylic acids is 1. The number of thioether (sulfide) groups is 1. The number of benzene rings is 2. The number of nitrogens with zero attached hydrogens (tertiary/aromatic N) is 1. The summed E-state index contributed by atoms with van der Waals surface area (Å²) >= 11 is 1.30. The van der Waals surface area contributed by atoms with Crippen molar-refractivity contribution in [1.29, 1.82) is 0 Å². The maximum absolute atomic E-state index is 13.3. The number of aliphatic imine (C=N–C) groups is 1. The average Bonchev–Trinajstić information content (AvgIpc) is 3.34. The van der Waals surface area contributed by atoms with E-state index in [1.165, 1.54) is 23.9 Å². The molecule has 168 valence electrons. The van der Waals surface area contributed by atoms with Gasteiger partial charge < -0.3 is 10.1 Å². The molecule has 2 heterocycles. The first-order valence-corrected chi connectivity index (χ1v) is 11.6. The molecule has 1 aromatic heterocycles. The summed E-state index contributed by atoms with van der Waals surface area (Å²) in [6.07, 6.45) is -4.87. The van der Waals surface area contributed by atoms with Gasteiger partial charge in [0.2, 0.25) is 0 Å². The topological polar surface area (TPSA) is 112 Å². The van der Waals surface area contributed by atoms with Gasteiger partial charge in [0.15, 0.2) is 0 Å². The summed E-state index contributed by atoms with van der Waals surface area (Å²) in [6.45, 7) is 0.343. The molecule has 0 saturated carbocycles. The molecule has 1 aliphatic rings. The lowest BCUT2D eigenvalue weighted by Gasteiger charge is -2.14. The molecule has 0 fully saturated rings. The molecule has 1 unspecified atom stereocenters. The van der Waals surface area contributed by atoms with E-state index in [-0.39, 0.29) is 17.4 Å². The highest BCUT2D eigenvalue weighted by Gasteiger charge is 2.37. The van der Waals surface area contributed by atoms with Crippen molar-refractivity contribution in [1.82, 2.24) is 4.98 Å². The van der Waals surface area contributed by atoms with Crippen LogP contribution >= 0.6 is 11.8 Å². The van der Waals surface area contributed by atoms with Crippen LogP contribution in [0.5, 0.6) is 0 Å². The summed E-state index contributed by atoms with van der Waals surface area (Å²) in [7, 11) is -4.54. The number of alkyl halides is 3. The minimum Gasteiger partial charge on any atom is -0.481 e. The van der Waals surface area contributed by atoms with Gasteiger partial charge >= 0.3 is 12.1 Å². The lowest BCUT2D eigenvalue weighted by Crippen LogP contribution is -2.19. The molecule has 1 aliphatic heterocycles. The first kappa shape index (κ1) is 22.2. The van der Waals surface area contributed by atoms with Crippen LogP contribution in [0.4, 0.5) is 18.9 Å². The van der Waals surface area contributed by atoms with Crippen LogP contribution in [0.2, 0.25) is 0 Å². The zero-order valence-corrected chi connectivity index (χ0v) is 17.8. The number of nitrogens with one attached hydrogen (secondary N) is 2. The average molecular weight is 483 g/mol. The monoisotopic (exact) mass is 483 g/mol. The van der Waals surface area contributed by atoms with Crippen LogP contribution in [0.15, 0.2) is 58.4 Å². The molecule has 32 heavy (non-hydrogen) atoms. The Kier molecular flexibility index (Phi) is 5.67. The lowest BCUT2D eigenvalue weighted by atomic mass is 10.2. The van der Waals surface area contributed by atoms with Gasteiger partial charge in [-0.1, -0.05) is 36.0 Å². The van der Waals surface area contributed by atoms with Gasteiger partial charge in [-0.3, -0.25) is 14.5 Å². The number of carboxylic acid groups (broad SMARTS) is 1. The Bertz CT molecular complexity index is 1330. The van der Waals surface area contributed by atoms with Gasteiger partial charge in [0, 0.05) is 10.6 Å². The van der Waals surface area contributed by atoms with Gasteiger partial charge in [0.05, 0.1) is 40.3 Å². The molecular weight excluding hydrogens is 467 g/mol. The molecule has 0 radical (unpaired) electrons. The van der Waals surface area contributed by atoms with Gasteiger partial charge in [-0.2, -0.15) is 13.2 Å². The minimum atomic E-state index is -4.83. The van der Waals surface area contributed by atoms with Gasteiger partial charge in [-0.25, -0.2) is 8.42 Å². The van der Waals surface area contributed by atoms with E-state index in [2.05, 4.69) is 14.7 Å². The summed E-state index contributed by atoms with van der Waals surface area (Å²) in [6, 6.07) is 10.4. The quantitative estimate of drug-likeness (QED) is 0.483. The summed E-state index contributed by atoms with van der Waals surface area (Å²) in [5.41, 5.74) is -0.231. The fourth-order valence-electron chi connectivity index (χ4n) is 3.36. The fraction of sp³-hybridized carbons (Fsp3) is 0.200. The number of sulfonamides is 1. The van der Waals surface area contributed by atoms with E-state index < -0.39 is 32.6 Å². The molecular formula is C20H16F3N3O4S2. The highest BCUT2D eigenvalue weighted by atomic mass is 32.2. The third kappa shape index (κ3) is 4.46. The normalized spacial score (nSPS) is 16.8. The second kappa shape index (κ2) is 8.17. The number of rotatable bonds is 6. The smallest absolute Gasteiger partial charge is 0.417 e. The molecule has 2 aromatic carbocycles. The Morgan fingerprint density at radius 3 is 2.69 bits per heavy atom. The molecule has 3 N–H and O–H groups in total. The third-order valence-corrected chi connectivity index (χ3v) is 7.38. The Hall–Kier alpha value is -2.99. The molecule has 3 aromatic rings. The third-order valence-electron chi connectivity index (χ3n) is 4.73. The number of carboxylic acids is 1. The van der Waals surface area contributed by atoms with E-state index in [4.69, 9.17) is 5.11 Å². The second-order valence-corrected chi connectivity index (χ2v) is 9.98. The highest BCUT2D eigenvalue weighted by molar-refractivity contribution is 8.15. The number of halogens is 3. The van der Waals surface area contributed by atoms with Gasteiger partial charge in [0.1, 0.15) is 5.04 Å². The van der Waals surface area contributed by atoms with Crippen LogP contribution in [-0.2, 0) is 21.0 Å². The maximum atomic E-state index is 13.3. The van der Waals surface area contributed by atoms with E-state index in [0.29, 0.717) is 34.3 Å². The predicted molar refractivity (Wildman–Crippen MR) is 116 cm³/mol. The molecule has 0 spiro atoms. The van der Waals surface area contributed by atoms with Crippen molar-refractivity contribution in [3.8, 4) is 0 Å². The van der Waals surface area contributed by atoms with Crippen LogP contribution in [0.1, 0.15) is 17.7 Å². The van der Waals surface area contributed by atoms with Crippen LogP contribution in [0.3, 0.4) is 0 Å². The van der Waals surface area contributed by atoms with Crippen molar-refractivity contribution in [3.05, 3.63) is 59.8 Å². The van der Waals surface area contributed by atoms with E-state index in [0.717, 1.165) is 12.1 Å². The second-order valence-electron chi connectivity index (χ2n) is 7.04. The standard InChI is InChI=1S/C20H16F3N3O4S2/c21-20(22,23)13-5-1-2-7-16(13)32(29,30)26-14-6-3-4-11-8-15(25-18(11)14)19-24-10-12(31-19)9-17(27)28/h1-8,12,25-26H,9-10H2,(H,27,28). The number of fused-ring (bicyclic) bond motifs is 1. The molecule has 7 nitrogen and oxygen atoms in total. The molecule has 0 saturated heterocycles. The van der Waals surface area contributed by atoms with Crippen molar-refractivity contribution in [2.24, 2.45) is 4.99 Å². The van der Waals surface area contributed by atoms with E-state index in [9.17, 15) is 26.4 Å². The Morgan fingerprint density at radius 1 is 1.22 bits per heavy atom. The minimum absolute atomic E-state index is 0.0401. The van der Waals surface area contributed by atoms with Crippen LogP contribution in [0, 0.1) is 0 Å². The zero-order valence-electron chi connectivity index (χ0n) is 16.2. The van der Waals surface area contributed by atoms with Crippen molar-refractivity contribution >= 4 is 49.4 Å². The maximum Gasteiger partial charge on any atom is 0.417 e. The first-order chi connectivity index (χ1) is 15.0. The number of anilines is 1. The van der Waals surface area contributed by atoms with E-state index in [1.54, 1.807) is 18.2 Å². The molecule has 0 bridgehead atoms. The van der Waals surface area contributed by atoms with E-state index >= 15 is 0 Å². The lowest BCUT2D eigenvalue weighted by molar-refractivity contribution is -0.140. The summed E-state index contributed by atoms with van der Waals surface area (Å²) in [5.74, 6) is -0.925. The Labute approximate surface area is 184 Å². The molecule has 0 aliphatic carbocycles. The van der Waals surface area contributed by atoms with Gasteiger partial charge in [-0.15, -0.1) is 0 Å². The van der Waals surface area contributed by atoms with E-state index in [1.807, 2.05) is 0 Å². The zero-order chi connectivity index (χ0) is 23.1. The number of para-hydroxylation sites is 1. The number of hydrogen-bond acceptors (Lipinski definition) is 5. The summed E-state index contributed by atoms with van der Waals surface area (Å²) < 4.78 is 67.8. The van der Waals surface area contributed by atoms with Crippen molar-refractivity contribution in [2.75, 3.05) is 11.3 Å². The number of aromatic amines is 1. The SMILES string of the molecule is O=C(O)CC1CN=C(c2cc3cccc(NS(=O)(=O)c4ccccc4C(F)(F)F)c3[nH]2)S1. The van der Waals surface area contributed by atoms with Crippen molar-refractivity contribution in [2.45, 2.75) is 22.7 Å². The molecule has 0 amide bonds. The predicted octanol–water partition coefficient (Wildman–Crippen LogP) is 4.32. The van der Waals surface area contributed by atoms with Gasteiger partial charge in [-0.05, 0) is 24.3 Å². The van der Waals surface area contributed by atoms with Crippen molar-refractivity contribution in [3.63, 3.8) is 0 Å².